The number of rotatable bonds is 5. The van der Waals surface area contributed by atoms with E-state index in [1.165, 1.54) is 17.4 Å². The standard InChI is InChI=1S/C21H21FN2O3S/c1-4-19(25)27-18-9-24(12-5-6-12)17-8-13(15(22)7-14(17)20(18)26)21-23-16(10-28-21)11(2)3/h7-12H,4-6H2,1-3H3. The van der Waals surface area contributed by atoms with Crippen LogP contribution in [0.1, 0.15) is 57.7 Å². The first kappa shape index (κ1) is 18.8. The van der Waals surface area contributed by atoms with Crippen LogP contribution in [0.3, 0.4) is 0 Å². The Balaban J connectivity index is 1.91. The molecular weight excluding hydrogens is 379 g/mol. The Hall–Kier alpha value is -2.54. The number of carbonyl (C=O) groups is 1. The van der Waals surface area contributed by atoms with Crippen LogP contribution in [0.4, 0.5) is 4.39 Å². The molecule has 3 aromatic rings. The number of hydrogen-bond donors (Lipinski definition) is 0. The van der Waals surface area contributed by atoms with Gasteiger partial charge >= 0.3 is 5.97 Å². The van der Waals surface area contributed by atoms with E-state index in [9.17, 15) is 14.0 Å². The highest BCUT2D eigenvalue weighted by Gasteiger charge is 2.27. The third-order valence-electron chi connectivity index (χ3n) is 4.88. The van der Waals surface area contributed by atoms with E-state index in [1.807, 2.05) is 23.8 Å². The summed E-state index contributed by atoms with van der Waals surface area (Å²) < 4.78 is 22.0. The van der Waals surface area contributed by atoms with Crippen LogP contribution in [-0.2, 0) is 4.79 Å². The van der Waals surface area contributed by atoms with Crippen molar-refractivity contribution in [1.82, 2.24) is 9.55 Å². The smallest absolute Gasteiger partial charge is 0.311 e. The second-order valence-electron chi connectivity index (χ2n) is 7.37. The second kappa shape index (κ2) is 7.13. The van der Waals surface area contributed by atoms with Crippen molar-refractivity contribution in [3.63, 3.8) is 0 Å². The first-order valence-electron chi connectivity index (χ1n) is 9.44. The molecule has 28 heavy (non-hydrogen) atoms. The molecule has 0 unspecified atom stereocenters. The zero-order chi connectivity index (χ0) is 20.0. The number of pyridine rings is 1. The van der Waals surface area contributed by atoms with Crippen LogP contribution in [-0.4, -0.2) is 15.5 Å². The van der Waals surface area contributed by atoms with Gasteiger partial charge in [-0.2, -0.15) is 0 Å². The minimum atomic E-state index is -0.504. The number of benzene rings is 1. The number of esters is 1. The number of carbonyl (C=O) groups excluding carboxylic acids is 1. The number of thiazole rings is 1. The van der Waals surface area contributed by atoms with E-state index in [1.54, 1.807) is 19.2 Å². The third-order valence-corrected chi connectivity index (χ3v) is 5.78. The Morgan fingerprint density at radius 1 is 1.39 bits per heavy atom. The van der Waals surface area contributed by atoms with Gasteiger partial charge in [-0.3, -0.25) is 9.59 Å². The first-order chi connectivity index (χ1) is 13.4. The second-order valence-corrected chi connectivity index (χ2v) is 8.23. The summed E-state index contributed by atoms with van der Waals surface area (Å²) in [5.41, 5.74) is 1.47. The third kappa shape index (κ3) is 3.35. The maximum absolute atomic E-state index is 14.9. The molecule has 1 aromatic carbocycles. The summed E-state index contributed by atoms with van der Waals surface area (Å²) in [6, 6.07) is 3.16. The van der Waals surface area contributed by atoms with E-state index in [0.29, 0.717) is 16.1 Å². The van der Waals surface area contributed by atoms with E-state index in [2.05, 4.69) is 4.98 Å². The van der Waals surface area contributed by atoms with Gasteiger partial charge in [-0.15, -0.1) is 11.3 Å². The van der Waals surface area contributed by atoms with Gasteiger partial charge in [0.1, 0.15) is 10.8 Å². The van der Waals surface area contributed by atoms with Gasteiger partial charge in [0, 0.05) is 23.4 Å². The molecule has 0 radical (unpaired) electrons. The number of ether oxygens (including phenoxy) is 1. The number of halogens is 1. The summed E-state index contributed by atoms with van der Waals surface area (Å²) >= 11 is 1.39. The molecule has 0 N–H and O–H groups in total. The maximum Gasteiger partial charge on any atom is 0.311 e. The summed E-state index contributed by atoms with van der Waals surface area (Å²) in [6.07, 6.45) is 3.69. The predicted octanol–water partition coefficient (Wildman–Crippen LogP) is 5.04. The van der Waals surface area contributed by atoms with E-state index in [0.717, 1.165) is 18.5 Å². The summed E-state index contributed by atoms with van der Waals surface area (Å²) in [5.74, 6) is -0.779. The molecule has 4 rings (SSSR count). The minimum Gasteiger partial charge on any atom is -0.421 e. The van der Waals surface area contributed by atoms with Gasteiger partial charge in [0.05, 0.1) is 22.8 Å². The lowest BCUT2D eigenvalue weighted by molar-refractivity contribution is -0.134. The highest BCUT2D eigenvalue weighted by atomic mass is 32.1. The molecule has 1 aliphatic rings. The molecule has 1 fully saturated rings. The Bertz CT molecular complexity index is 1130. The molecule has 2 heterocycles. The lowest BCUT2D eigenvalue weighted by Crippen LogP contribution is -2.17. The van der Waals surface area contributed by atoms with Crippen LogP contribution in [0.25, 0.3) is 21.5 Å². The van der Waals surface area contributed by atoms with Crippen molar-refractivity contribution in [3.05, 3.63) is 45.4 Å². The topological polar surface area (TPSA) is 61.2 Å². The van der Waals surface area contributed by atoms with Crippen LogP contribution < -0.4 is 10.2 Å². The van der Waals surface area contributed by atoms with E-state index in [4.69, 9.17) is 4.74 Å². The lowest BCUT2D eigenvalue weighted by Gasteiger charge is -2.14. The number of fused-ring (bicyclic) bond motifs is 1. The summed E-state index contributed by atoms with van der Waals surface area (Å²) in [5, 5.41) is 2.75. The first-order valence-corrected chi connectivity index (χ1v) is 10.3. The average molecular weight is 400 g/mol. The Kier molecular flexibility index (Phi) is 4.79. The van der Waals surface area contributed by atoms with Crippen LogP contribution in [0.2, 0.25) is 0 Å². The molecule has 0 amide bonds. The number of hydrogen-bond acceptors (Lipinski definition) is 5. The van der Waals surface area contributed by atoms with Gasteiger partial charge < -0.3 is 9.30 Å². The Labute approximate surface area is 165 Å². The lowest BCUT2D eigenvalue weighted by atomic mass is 10.1. The fourth-order valence-electron chi connectivity index (χ4n) is 3.11. The van der Waals surface area contributed by atoms with Crippen molar-refractivity contribution in [1.29, 1.82) is 0 Å². The normalized spacial score (nSPS) is 14.0. The molecule has 5 nitrogen and oxygen atoms in total. The Morgan fingerprint density at radius 3 is 2.75 bits per heavy atom. The van der Waals surface area contributed by atoms with Crippen molar-refractivity contribution < 1.29 is 13.9 Å². The molecule has 0 bridgehead atoms. The van der Waals surface area contributed by atoms with E-state index < -0.39 is 17.2 Å². The summed E-state index contributed by atoms with van der Waals surface area (Å²) in [7, 11) is 0. The summed E-state index contributed by atoms with van der Waals surface area (Å²) in [6.45, 7) is 5.74. The zero-order valence-electron chi connectivity index (χ0n) is 16.0. The molecule has 0 atom stereocenters. The van der Waals surface area contributed by atoms with E-state index >= 15 is 0 Å². The fourth-order valence-corrected chi connectivity index (χ4v) is 4.10. The number of nitrogens with zero attached hydrogens (tertiary/aromatic N) is 2. The molecule has 7 heteroatoms. The molecular formula is C21H21FN2O3S. The molecule has 2 aromatic heterocycles. The SMILES string of the molecule is CCC(=O)Oc1cn(C2CC2)c2cc(-c3nc(C(C)C)cs3)c(F)cc2c1=O. The molecule has 1 aliphatic carbocycles. The van der Waals surface area contributed by atoms with Gasteiger partial charge in [0.15, 0.2) is 5.75 Å². The van der Waals surface area contributed by atoms with Crippen LogP contribution in [0.15, 0.2) is 28.5 Å². The van der Waals surface area contributed by atoms with Crippen molar-refractivity contribution in [2.75, 3.05) is 0 Å². The molecule has 0 saturated heterocycles. The summed E-state index contributed by atoms with van der Waals surface area (Å²) in [4.78, 5) is 29.0. The van der Waals surface area contributed by atoms with Crippen molar-refractivity contribution >= 4 is 28.2 Å². The maximum atomic E-state index is 14.9. The molecule has 0 aliphatic heterocycles. The van der Waals surface area contributed by atoms with E-state index in [-0.39, 0.29) is 29.5 Å². The van der Waals surface area contributed by atoms with Gasteiger partial charge in [0.2, 0.25) is 5.43 Å². The molecule has 0 spiro atoms. The van der Waals surface area contributed by atoms with Gasteiger partial charge in [-0.1, -0.05) is 20.8 Å². The number of aromatic nitrogens is 2. The van der Waals surface area contributed by atoms with Crippen LogP contribution >= 0.6 is 11.3 Å². The van der Waals surface area contributed by atoms with Crippen molar-refractivity contribution in [3.8, 4) is 16.3 Å². The van der Waals surface area contributed by atoms with Gasteiger partial charge in [0.25, 0.3) is 0 Å². The monoisotopic (exact) mass is 400 g/mol. The molecule has 1 saturated carbocycles. The van der Waals surface area contributed by atoms with Gasteiger partial charge in [-0.05, 0) is 30.9 Å². The highest BCUT2D eigenvalue weighted by molar-refractivity contribution is 7.13. The fraction of sp³-hybridized carbons (Fsp3) is 0.381. The van der Waals surface area contributed by atoms with Crippen LogP contribution in [0, 0.1) is 5.82 Å². The minimum absolute atomic E-state index is 0.0465. The van der Waals surface area contributed by atoms with Gasteiger partial charge in [-0.25, -0.2) is 9.37 Å². The quantitative estimate of drug-likeness (QED) is 0.563. The van der Waals surface area contributed by atoms with Crippen molar-refractivity contribution in [2.24, 2.45) is 0 Å². The molecule has 146 valence electrons. The Morgan fingerprint density at radius 2 is 2.14 bits per heavy atom. The zero-order valence-corrected chi connectivity index (χ0v) is 16.8. The van der Waals surface area contributed by atoms with Crippen molar-refractivity contribution in [2.45, 2.75) is 52.0 Å². The average Bonchev–Trinajstić information content (AvgIpc) is 3.39. The predicted molar refractivity (Wildman–Crippen MR) is 108 cm³/mol. The largest absolute Gasteiger partial charge is 0.421 e. The highest BCUT2D eigenvalue weighted by Crippen LogP contribution is 2.39. The van der Waals surface area contributed by atoms with Crippen LogP contribution in [0.5, 0.6) is 5.75 Å².